The minimum atomic E-state index is -0.0924. The van der Waals surface area contributed by atoms with Crippen LogP contribution in [0.25, 0.3) is 6.08 Å². The van der Waals surface area contributed by atoms with Crippen molar-refractivity contribution in [3.8, 4) is 0 Å². The van der Waals surface area contributed by atoms with E-state index in [1.165, 1.54) is 11.8 Å². The average Bonchev–Trinajstić information content (AvgIpc) is 2.99. The number of carbonyl (C=O) groups is 1. The van der Waals surface area contributed by atoms with E-state index in [-0.39, 0.29) is 5.91 Å². The number of hydrogen-bond acceptors (Lipinski definition) is 4. The number of thioether (sulfide) groups is 1. The van der Waals surface area contributed by atoms with Crippen LogP contribution in [0.1, 0.15) is 17.0 Å². The fourth-order valence-corrected chi connectivity index (χ4v) is 4.73. The third-order valence-electron chi connectivity index (χ3n) is 3.96. The summed E-state index contributed by atoms with van der Waals surface area (Å²) in [6.45, 7) is 3.93. The Morgan fingerprint density at radius 1 is 1.16 bits per heavy atom. The van der Waals surface area contributed by atoms with Crippen molar-refractivity contribution in [2.45, 2.75) is 13.8 Å². The van der Waals surface area contributed by atoms with Gasteiger partial charge in [0.1, 0.15) is 0 Å². The Labute approximate surface area is 165 Å². The van der Waals surface area contributed by atoms with Gasteiger partial charge < -0.3 is 4.90 Å². The minimum absolute atomic E-state index is 0.0924. The van der Waals surface area contributed by atoms with Crippen molar-refractivity contribution in [3.05, 3.63) is 56.7 Å². The van der Waals surface area contributed by atoms with Crippen molar-refractivity contribution in [2.75, 3.05) is 24.0 Å². The maximum Gasteiger partial charge on any atom is 0.285 e. The van der Waals surface area contributed by atoms with Gasteiger partial charge in [0.05, 0.1) is 10.6 Å². The van der Waals surface area contributed by atoms with Crippen LogP contribution in [0.2, 0.25) is 0 Å². The Balaban J connectivity index is 1.95. The summed E-state index contributed by atoms with van der Waals surface area (Å²) in [4.78, 5) is 15.6. The van der Waals surface area contributed by atoms with Crippen LogP contribution < -0.4 is 9.91 Å². The number of thiocarbonyl (C=S) groups is 1. The van der Waals surface area contributed by atoms with E-state index in [1.54, 1.807) is 5.01 Å². The summed E-state index contributed by atoms with van der Waals surface area (Å²) in [6.07, 6.45) is 1.89. The Morgan fingerprint density at radius 2 is 1.80 bits per heavy atom. The Hall–Kier alpha value is -1.57. The smallest absolute Gasteiger partial charge is 0.285 e. The molecule has 1 aliphatic rings. The van der Waals surface area contributed by atoms with Gasteiger partial charge in [0.25, 0.3) is 5.91 Å². The highest BCUT2D eigenvalue weighted by atomic mass is 79.9. The largest absolute Gasteiger partial charge is 0.377 e. The highest BCUT2D eigenvalue weighted by Gasteiger charge is 2.34. The molecule has 0 unspecified atom stereocenters. The quantitative estimate of drug-likeness (QED) is 0.525. The lowest BCUT2D eigenvalue weighted by molar-refractivity contribution is -0.114. The molecule has 0 radical (unpaired) electrons. The van der Waals surface area contributed by atoms with Gasteiger partial charge >= 0.3 is 0 Å². The molecule has 0 saturated carbocycles. The van der Waals surface area contributed by atoms with Crippen LogP contribution in [0, 0.1) is 13.8 Å². The molecule has 1 aromatic heterocycles. The number of aromatic nitrogens is 1. The lowest BCUT2D eigenvalue weighted by Gasteiger charge is -2.20. The third kappa shape index (κ3) is 3.41. The number of rotatable bonds is 3. The van der Waals surface area contributed by atoms with Gasteiger partial charge in [0.2, 0.25) is 0 Å². The maximum atomic E-state index is 12.9. The van der Waals surface area contributed by atoms with Crippen molar-refractivity contribution in [1.29, 1.82) is 0 Å². The molecule has 3 rings (SSSR count). The number of anilines is 1. The fraction of sp³-hybridized carbons (Fsp3) is 0.222. The van der Waals surface area contributed by atoms with E-state index >= 15 is 0 Å². The molecular weight excluding hydrogens is 418 g/mol. The molecule has 0 atom stereocenters. The van der Waals surface area contributed by atoms with E-state index in [2.05, 4.69) is 15.9 Å². The Kier molecular flexibility index (Phi) is 5.09. The van der Waals surface area contributed by atoms with Gasteiger partial charge in [-0.05, 0) is 77.9 Å². The average molecular weight is 436 g/mol. The molecule has 0 bridgehead atoms. The number of nitrogens with zero attached hydrogens (tertiary/aromatic N) is 3. The monoisotopic (exact) mass is 435 g/mol. The highest BCUT2D eigenvalue weighted by Crippen LogP contribution is 2.34. The first-order chi connectivity index (χ1) is 11.8. The van der Waals surface area contributed by atoms with Gasteiger partial charge in [0, 0.05) is 30.0 Å². The van der Waals surface area contributed by atoms with Crippen LogP contribution in [0.15, 0.2) is 39.7 Å². The van der Waals surface area contributed by atoms with Gasteiger partial charge in [-0.3, -0.25) is 9.47 Å². The molecule has 0 N–H and O–H groups in total. The van der Waals surface area contributed by atoms with Gasteiger partial charge in [-0.1, -0.05) is 17.8 Å². The fourth-order valence-electron chi connectivity index (χ4n) is 2.73. The summed E-state index contributed by atoms with van der Waals surface area (Å²) < 4.78 is 3.39. The molecule has 1 saturated heterocycles. The lowest BCUT2D eigenvalue weighted by Crippen LogP contribution is -2.39. The minimum Gasteiger partial charge on any atom is -0.377 e. The van der Waals surface area contributed by atoms with Crippen LogP contribution in [0.4, 0.5) is 5.69 Å². The zero-order valence-electron chi connectivity index (χ0n) is 14.4. The van der Waals surface area contributed by atoms with Crippen molar-refractivity contribution >= 4 is 61.9 Å². The molecule has 1 fully saturated rings. The van der Waals surface area contributed by atoms with Crippen molar-refractivity contribution in [2.24, 2.45) is 0 Å². The van der Waals surface area contributed by atoms with Gasteiger partial charge in [-0.15, -0.1) is 0 Å². The van der Waals surface area contributed by atoms with E-state index in [1.807, 2.05) is 73.9 Å². The summed E-state index contributed by atoms with van der Waals surface area (Å²) in [5.74, 6) is -0.0924. The molecule has 0 aliphatic carbocycles. The summed E-state index contributed by atoms with van der Waals surface area (Å²) >= 11 is 10.4. The van der Waals surface area contributed by atoms with Crippen molar-refractivity contribution < 1.29 is 4.79 Å². The molecule has 130 valence electrons. The summed E-state index contributed by atoms with van der Waals surface area (Å²) in [6, 6.07) is 9.99. The lowest BCUT2D eigenvalue weighted by atomic mass is 10.2. The normalized spacial score (nSPS) is 16.2. The number of aryl methyl sites for hydroxylation is 2. The first kappa shape index (κ1) is 18.2. The maximum absolute atomic E-state index is 12.9. The summed E-state index contributed by atoms with van der Waals surface area (Å²) in [5, 5.41) is 1.57. The number of carbonyl (C=O) groups excluding carboxylic acids is 1. The molecule has 7 heteroatoms. The SMILES string of the molecule is Cc1ccc(C)n1N1C(=O)/C(=C/c2ccc(N(C)C)c(Br)c2)SC1=S. The van der Waals surface area contributed by atoms with Gasteiger partial charge in [-0.25, -0.2) is 0 Å². The molecule has 0 spiro atoms. The summed E-state index contributed by atoms with van der Waals surface area (Å²) in [7, 11) is 3.99. The number of halogens is 1. The van der Waals surface area contributed by atoms with Crippen LogP contribution in [-0.2, 0) is 4.79 Å². The highest BCUT2D eigenvalue weighted by molar-refractivity contribution is 9.10. The standard InChI is InChI=1S/C18H18BrN3OS2/c1-11-5-6-12(2)21(11)22-17(23)16(25-18(22)24)10-13-7-8-15(20(3)4)14(19)9-13/h5-10H,1-4H3/b16-10-. The first-order valence-electron chi connectivity index (χ1n) is 7.69. The molecule has 25 heavy (non-hydrogen) atoms. The van der Waals surface area contributed by atoms with E-state index in [0.29, 0.717) is 9.23 Å². The van der Waals surface area contributed by atoms with E-state index < -0.39 is 0 Å². The molecule has 4 nitrogen and oxygen atoms in total. The zero-order chi connectivity index (χ0) is 18.3. The third-order valence-corrected chi connectivity index (χ3v) is 5.88. The first-order valence-corrected chi connectivity index (χ1v) is 9.71. The second-order valence-corrected chi connectivity index (χ2v) is 8.56. The molecule has 1 amide bonds. The van der Waals surface area contributed by atoms with Crippen LogP contribution in [0.5, 0.6) is 0 Å². The molecule has 2 aromatic rings. The Bertz CT molecular complexity index is 882. The van der Waals surface area contributed by atoms with E-state index in [0.717, 1.165) is 27.1 Å². The van der Waals surface area contributed by atoms with Crippen LogP contribution in [0.3, 0.4) is 0 Å². The van der Waals surface area contributed by atoms with Crippen molar-refractivity contribution in [1.82, 2.24) is 4.68 Å². The second-order valence-electron chi connectivity index (χ2n) is 6.03. The van der Waals surface area contributed by atoms with E-state index in [9.17, 15) is 4.79 Å². The molecule has 1 aromatic carbocycles. The zero-order valence-corrected chi connectivity index (χ0v) is 17.6. The second kappa shape index (κ2) is 6.97. The predicted octanol–water partition coefficient (Wildman–Crippen LogP) is 4.47. The topological polar surface area (TPSA) is 28.5 Å². The molecule has 1 aliphatic heterocycles. The van der Waals surface area contributed by atoms with Crippen LogP contribution >= 0.6 is 39.9 Å². The number of amides is 1. The van der Waals surface area contributed by atoms with Crippen LogP contribution in [-0.4, -0.2) is 29.0 Å². The number of benzene rings is 1. The molecule has 2 heterocycles. The predicted molar refractivity (Wildman–Crippen MR) is 114 cm³/mol. The number of hydrogen-bond donors (Lipinski definition) is 0. The Morgan fingerprint density at radius 3 is 2.36 bits per heavy atom. The van der Waals surface area contributed by atoms with Gasteiger partial charge in [0.15, 0.2) is 4.32 Å². The molecular formula is C18H18BrN3OS2. The van der Waals surface area contributed by atoms with Crippen molar-refractivity contribution in [3.63, 3.8) is 0 Å². The van der Waals surface area contributed by atoms with Gasteiger partial charge in [-0.2, -0.15) is 5.01 Å². The van der Waals surface area contributed by atoms with E-state index in [4.69, 9.17) is 12.2 Å². The summed E-state index contributed by atoms with van der Waals surface area (Å²) in [5.41, 5.74) is 4.00.